The van der Waals surface area contributed by atoms with Crippen molar-refractivity contribution in [2.45, 2.75) is 13.0 Å². The van der Waals surface area contributed by atoms with Gasteiger partial charge in [-0.3, -0.25) is 4.79 Å². The van der Waals surface area contributed by atoms with Gasteiger partial charge in [-0.2, -0.15) is 0 Å². The fourth-order valence-corrected chi connectivity index (χ4v) is 1.65. The first-order valence-corrected chi connectivity index (χ1v) is 5.79. The second kappa shape index (κ2) is 7.13. The third-order valence-electron chi connectivity index (χ3n) is 2.62. The Morgan fingerprint density at radius 1 is 1.39 bits per heavy atom. The lowest BCUT2D eigenvalue weighted by Gasteiger charge is -2.21. The molecule has 0 bridgehead atoms. The van der Waals surface area contributed by atoms with Crippen LogP contribution in [0.5, 0.6) is 0 Å². The number of hydrogen-bond acceptors (Lipinski definition) is 1. The van der Waals surface area contributed by atoms with Gasteiger partial charge in [-0.25, -0.2) is 0 Å². The molecule has 2 heteroatoms. The Balaban J connectivity index is 2.88. The van der Waals surface area contributed by atoms with Crippen molar-refractivity contribution in [1.82, 2.24) is 4.90 Å². The smallest absolute Gasteiger partial charge is 0.246 e. The van der Waals surface area contributed by atoms with Crippen molar-refractivity contribution in [3.8, 4) is 12.3 Å². The third-order valence-corrected chi connectivity index (χ3v) is 2.62. The van der Waals surface area contributed by atoms with E-state index in [9.17, 15) is 4.79 Å². The Morgan fingerprint density at radius 2 is 2.11 bits per heavy atom. The molecule has 0 fully saturated rings. The highest BCUT2D eigenvalue weighted by Crippen LogP contribution is 2.11. The van der Waals surface area contributed by atoms with Crippen LogP contribution in [-0.2, 0) is 11.3 Å². The quantitative estimate of drug-likeness (QED) is 0.424. The van der Waals surface area contributed by atoms with E-state index in [2.05, 4.69) is 19.1 Å². The molecule has 0 heterocycles. The van der Waals surface area contributed by atoms with E-state index >= 15 is 0 Å². The van der Waals surface area contributed by atoms with Crippen LogP contribution in [-0.4, -0.2) is 17.4 Å². The van der Waals surface area contributed by atoms with Crippen LogP contribution in [0.4, 0.5) is 0 Å². The SMILES string of the molecule is C#Cc1ccccc1CN(CCC=C)C(=O)C=C. The number of terminal acetylenes is 1. The Hall–Kier alpha value is -2.27. The Bertz CT molecular complexity index is 482. The monoisotopic (exact) mass is 239 g/mol. The number of hydrogen-bond donors (Lipinski definition) is 0. The lowest BCUT2D eigenvalue weighted by atomic mass is 10.1. The van der Waals surface area contributed by atoms with Crippen molar-refractivity contribution in [2.24, 2.45) is 0 Å². The molecule has 0 aromatic heterocycles. The minimum atomic E-state index is -0.0938. The molecule has 18 heavy (non-hydrogen) atoms. The summed E-state index contributed by atoms with van der Waals surface area (Å²) in [5.41, 5.74) is 1.79. The summed E-state index contributed by atoms with van der Waals surface area (Å²) in [5, 5.41) is 0. The normalized spacial score (nSPS) is 9.28. The summed E-state index contributed by atoms with van der Waals surface area (Å²) < 4.78 is 0. The summed E-state index contributed by atoms with van der Waals surface area (Å²) in [5.74, 6) is 2.54. The van der Waals surface area contributed by atoms with Crippen LogP contribution < -0.4 is 0 Å². The Labute approximate surface area is 109 Å². The molecule has 92 valence electrons. The lowest BCUT2D eigenvalue weighted by molar-refractivity contribution is -0.126. The summed E-state index contributed by atoms with van der Waals surface area (Å²) >= 11 is 0. The van der Waals surface area contributed by atoms with Crippen LogP contribution in [0.2, 0.25) is 0 Å². The fraction of sp³-hybridized carbons (Fsp3) is 0.188. The molecular formula is C16H17NO. The predicted molar refractivity (Wildman–Crippen MR) is 74.8 cm³/mol. The van der Waals surface area contributed by atoms with E-state index in [1.807, 2.05) is 24.3 Å². The molecule has 0 unspecified atom stereocenters. The molecule has 1 amide bonds. The molecule has 0 aliphatic carbocycles. The zero-order valence-corrected chi connectivity index (χ0v) is 10.4. The summed E-state index contributed by atoms with van der Waals surface area (Å²) in [6, 6.07) is 7.62. The maximum Gasteiger partial charge on any atom is 0.246 e. The second-order valence-electron chi connectivity index (χ2n) is 3.84. The van der Waals surface area contributed by atoms with E-state index in [4.69, 9.17) is 6.42 Å². The summed E-state index contributed by atoms with van der Waals surface area (Å²) in [7, 11) is 0. The second-order valence-corrected chi connectivity index (χ2v) is 3.84. The van der Waals surface area contributed by atoms with E-state index in [1.165, 1.54) is 6.08 Å². The molecule has 1 rings (SSSR count). The van der Waals surface area contributed by atoms with Gasteiger partial charge in [0.25, 0.3) is 0 Å². The van der Waals surface area contributed by atoms with Crippen molar-refractivity contribution >= 4 is 5.91 Å². The van der Waals surface area contributed by atoms with E-state index in [0.717, 1.165) is 17.5 Å². The number of nitrogens with zero attached hydrogens (tertiary/aromatic N) is 1. The summed E-state index contributed by atoms with van der Waals surface area (Å²) in [4.78, 5) is 13.5. The molecule has 0 saturated heterocycles. The van der Waals surface area contributed by atoms with Crippen molar-refractivity contribution in [2.75, 3.05) is 6.54 Å². The summed E-state index contributed by atoms with van der Waals surface area (Å²) in [6.07, 6.45) is 9.30. The van der Waals surface area contributed by atoms with Gasteiger partial charge < -0.3 is 4.90 Å². The van der Waals surface area contributed by atoms with Gasteiger partial charge in [0, 0.05) is 18.7 Å². The van der Waals surface area contributed by atoms with Crippen molar-refractivity contribution < 1.29 is 4.79 Å². The molecular weight excluding hydrogens is 222 g/mol. The van der Waals surface area contributed by atoms with Gasteiger partial charge in [-0.1, -0.05) is 36.8 Å². The van der Waals surface area contributed by atoms with Gasteiger partial charge in [0.15, 0.2) is 0 Å². The molecule has 0 N–H and O–H groups in total. The van der Waals surface area contributed by atoms with Gasteiger partial charge in [0.1, 0.15) is 0 Å². The van der Waals surface area contributed by atoms with Crippen LogP contribution in [0, 0.1) is 12.3 Å². The van der Waals surface area contributed by atoms with Gasteiger partial charge in [0.05, 0.1) is 0 Å². The van der Waals surface area contributed by atoms with Crippen molar-refractivity contribution in [1.29, 1.82) is 0 Å². The van der Waals surface area contributed by atoms with E-state index < -0.39 is 0 Å². The van der Waals surface area contributed by atoms with E-state index in [1.54, 1.807) is 11.0 Å². The third kappa shape index (κ3) is 3.64. The molecule has 0 atom stereocenters. The number of benzene rings is 1. The first kappa shape index (κ1) is 13.8. The highest BCUT2D eigenvalue weighted by Gasteiger charge is 2.11. The largest absolute Gasteiger partial charge is 0.334 e. The minimum Gasteiger partial charge on any atom is -0.334 e. The first-order chi connectivity index (χ1) is 8.72. The number of carbonyl (C=O) groups is 1. The molecule has 2 nitrogen and oxygen atoms in total. The molecule has 0 spiro atoms. The topological polar surface area (TPSA) is 20.3 Å². The number of rotatable bonds is 6. The molecule has 0 aliphatic rings. The highest BCUT2D eigenvalue weighted by molar-refractivity contribution is 5.87. The van der Waals surface area contributed by atoms with Crippen LogP contribution in [0.25, 0.3) is 0 Å². The molecule has 1 aromatic carbocycles. The van der Waals surface area contributed by atoms with Gasteiger partial charge >= 0.3 is 0 Å². The molecule has 0 aliphatic heterocycles. The number of amides is 1. The first-order valence-electron chi connectivity index (χ1n) is 5.79. The van der Waals surface area contributed by atoms with Crippen molar-refractivity contribution in [3.05, 3.63) is 60.7 Å². The Kier molecular flexibility index (Phi) is 5.47. The van der Waals surface area contributed by atoms with Crippen LogP contribution in [0.15, 0.2) is 49.6 Å². The summed E-state index contributed by atoms with van der Waals surface area (Å²) in [6.45, 7) is 8.30. The van der Waals surface area contributed by atoms with Crippen LogP contribution in [0.1, 0.15) is 17.5 Å². The van der Waals surface area contributed by atoms with Gasteiger partial charge in [-0.15, -0.1) is 13.0 Å². The Morgan fingerprint density at radius 3 is 2.72 bits per heavy atom. The van der Waals surface area contributed by atoms with Crippen molar-refractivity contribution in [3.63, 3.8) is 0 Å². The predicted octanol–water partition coefficient (Wildman–Crippen LogP) is 2.76. The van der Waals surface area contributed by atoms with Gasteiger partial charge in [-0.05, 0) is 24.1 Å². The van der Waals surface area contributed by atoms with Crippen LogP contribution >= 0.6 is 0 Å². The van der Waals surface area contributed by atoms with Gasteiger partial charge in [0.2, 0.25) is 5.91 Å². The lowest BCUT2D eigenvalue weighted by Crippen LogP contribution is -2.30. The fourth-order valence-electron chi connectivity index (χ4n) is 1.65. The maximum absolute atomic E-state index is 11.7. The van der Waals surface area contributed by atoms with E-state index in [-0.39, 0.29) is 5.91 Å². The maximum atomic E-state index is 11.7. The molecule has 0 radical (unpaired) electrons. The standard InChI is InChI=1S/C16H17NO/c1-4-7-12-17(16(18)6-3)13-15-11-9-8-10-14(15)5-2/h2,4,6,8-11H,1,3,7,12-13H2. The minimum absolute atomic E-state index is 0.0938. The molecule has 0 saturated carbocycles. The van der Waals surface area contributed by atoms with E-state index in [0.29, 0.717) is 13.1 Å². The number of carbonyl (C=O) groups excluding carboxylic acids is 1. The average molecular weight is 239 g/mol. The highest BCUT2D eigenvalue weighted by atomic mass is 16.2. The van der Waals surface area contributed by atoms with Crippen LogP contribution in [0.3, 0.4) is 0 Å². The zero-order chi connectivity index (χ0) is 13.4. The zero-order valence-electron chi connectivity index (χ0n) is 10.4. The average Bonchev–Trinajstić information content (AvgIpc) is 2.42. The molecule has 1 aromatic rings.